The summed E-state index contributed by atoms with van der Waals surface area (Å²) in [6, 6.07) is 13.4. The van der Waals surface area contributed by atoms with Crippen LogP contribution in [0.3, 0.4) is 0 Å². The van der Waals surface area contributed by atoms with Gasteiger partial charge in [-0.3, -0.25) is 9.59 Å². The van der Waals surface area contributed by atoms with E-state index < -0.39 is 0 Å². The lowest BCUT2D eigenvalue weighted by Gasteiger charge is -2.23. The van der Waals surface area contributed by atoms with Gasteiger partial charge in [-0.15, -0.1) is 11.3 Å². The Balaban J connectivity index is 1.83. The largest absolute Gasteiger partial charge is 0.351 e. The molecule has 0 fully saturated rings. The van der Waals surface area contributed by atoms with Crippen LogP contribution in [0.1, 0.15) is 27.7 Å². The molecular weight excluding hydrogens is 322 g/mol. The molecule has 2 aromatic rings. The number of thiophene rings is 1. The summed E-state index contributed by atoms with van der Waals surface area (Å²) in [6.45, 7) is 1.04. The molecule has 0 aliphatic carbocycles. The topological polar surface area (TPSA) is 61.4 Å². The Kier molecular flexibility index (Phi) is 6.96. The van der Waals surface area contributed by atoms with Crippen LogP contribution in [0, 0.1) is 0 Å². The van der Waals surface area contributed by atoms with Gasteiger partial charge in [-0.05, 0) is 31.1 Å². The maximum Gasteiger partial charge on any atom is 0.261 e. The summed E-state index contributed by atoms with van der Waals surface area (Å²) in [7, 11) is 3.95. The van der Waals surface area contributed by atoms with Crippen LogP contribution < -0.4 is 10.6 Å². The van der Waals surface area contributed by atoms with E-state index in [9.17, 15) is 9.59 Å². The zero-order valence-electron chi connectivity index (χ0n) is 14.0. The molecule has 0 saturated carbocycles. The number of benzene rings is 1. The standard InChI is InChI=1S/C18H23N3O2S/c1-21(2)13-15(14-7-4-3-5-8-14)20-17(22)10-11-19-18(23)16-9-6-12-24-16/h3-9,12,15H,10-11,13H2,1-2H3,(H,19,23)(H,20,22)/t15-/m1/s1. The molecule has 6 heteroatoms. The molecule has 2 amide bonds. The van der Waals surface area contributed by atoms with Crippen LogP contribution in [0.15, 0.2) is 47.8 Å². The van der Waals surface area contributed by atoms with Crippen molar-refractivity contribution in [3.8, 4) is 0 Å². The first-order valence-corrected chi connectivity index (χ1v) is 8.75. The number of hydrogen-bond donors (Lipinski definition) is 2. The van der Waals surface area contributed by atoms with Gasteiger partial charge in [-0.2, -0.15) is 0 Å². The van der Waals surface area contributed by atoms with Gasteiger partial charge in [0.1, 0.15) is 0 Å². The number of likely N-dealkylation sites (N-methyl/N-ethyl adjacent to an activating group) is 1. The summed E-state index contributed by atoms with van der Waals surface area (Å²) in [4.78, 5) is 26.7. The first kappa shape index (κ1) is 18.2. The molecule has 2 N–H and O–H groups in total. The second-order valence-electron chi connectivity index (χ2n) is 5.78. The van der Waals surface area contributed by atoms with Gasteiger partial charge in [0.15, 0.2) is 0 Å². The number of hydrogen-bond acceptors (Lipinski definition) is 4. The maximum atomic E-state index is 12.2. The predicted molar refractivity (Wildman–Crippen MR) is 97.1 cm³/mol. The molecule has 0 radical (unpaired) electrons. The van der Waals surface area contributed by atoms with Crippen molar-refractivity contribution >= 4 is 23.2 Å². The minimum atomic E-state index is -0.134. The van der Waals surface area contributed by atoms with Crippen molar-refractivity contribution in [3.63, 3.8) is 0 Å². The van der Waals surface area contributed by atoms with E-state index in [2.05, 4.69) is 10.6 Å². The highest BCUT2D eigenvalue weighted by Gasteiger charge is 2.15. The van der Waals surface area contributed by atoms with E-state index in [0.29, 0.717) is 11.4 Å². The Morgan fingerprint density at radius 3 is 2.50 bits per heavy atom. The van der Waals surface area contributed by atoms with Crippen molar-refractivity contribution < 1.29 is 9.59 Å². The first-order valence-electron chi connectivity index (χ1n) is 7.87. The first-order chi connectivity index (χ1) is 11.6. The third-order valence-corrected chi connectivity index (χ3v) is 4.34. The van der Waals surface area contributed by atoms with Crippen LogP contribution in [-0.4, -0.2) is 43.9 Å². The molecule has 128 valence electrons. The zero-order chi connectivity index (χ0) is 17.4. The summed E-state index contributed by atoms with van der Waals surface area (Å²) < 4.78 is 0. The predicted octanol–water partition coefficient (Wildman–Crippen LogP) is 2.29. The molecule has 0 spiro atoms. The summed E-state index contributed by atoms with van der Waals surface area (Å²) in [5.41, 5.74) is 1.07. The van der Waals surface area contributed by atoms with Crippen molar-refractivity contribution in [2.75, 3.05) is 27.2 Å². The Hall–Kier alpha value is -2.18. The molecule has 2 rings (SSSR count). The second-order valence-corrected chi connectivity index (χ2v) is 6.72. The van der Waals surface area contributed by atoms with Gasteiger partial charge in [-0.25, -0.2) is 0 Å². The molecule has 24 heavy (non-hydrogen) atoms. The lowest BCUT2D eigenvalue weighted by molar-refractivity contribution is -0.121. The average molecular weight is 345 g/mol. The third kappa shape index (κ3) is 5.79. The van der Waals surface area contributed by atoms with Crippen LogP contribution in [0.2, 0.25) is 0 Å². The van der Waals surface area contributed by atoms with E-state index in [1.54, 1.807) is 6.07 Å². The summed E-state index contributed by atoms with van der Waals surface area (Å²) in [5, 5.41) is 7.67. The monoisotopic (exact) mass is 345 g/mol. The second kappa shape index (κ2) is 9.20. The highest BCUT2D eigenvalue weighted by molar-refractivity contribution is 7.12. The van der Waals surface area contributed by atoms with Gasteiger partial charge in [0.05, 0.1) is 10.9 Å². The van der Waals surface area contributed by atoms with E-state index in [4.69, 9.17) is 0 Å². The van der Waals surface area contributed by atoms with E-state index in [1.807, 2.05) is 60.8 Å². The molecule has 0 aliphatic rings. The number of rotatable bonds is 8. The van der Waals surface area contributed by atoms with Gasteiger partial charge in [0.25, 0.3) is 5.91 Å². The van der Waals surface area contributed by atoms with Crippen LogP contribution in [0.25, 0.3) is 0 Å². The van der Waals surface area contributed by atoms with Crippen LogP contribution in [0.5, 0.6) is 0 Å². The molecule has 1 aromatic heterocycles. The van der Waals surface area contributed by atoms with Crippen LogP contribution in [-0.2, 0) is 4.79 Å². The van der Waals surface area contributed by atoms with E-state index in [1.165, 1.54) is 11.3 Å². The van der Waals surface area contributed by atoms with Crippen LogP contribution in [0.4, 0.5) is 0 Å². The number of amides is 2. The molecule has 0 unspecified atom stereocenters. The van der Waals surface area contributed by atoms with Crippen molar-refractivity contribution in [2.24, 2.45) is 0 Å². The number of carbonyl (C=O) groups excluding carboxylic acids is 2. The van der Waals surface area contributed by atoms with Gasteiger partial charge in [0, 0.05) is 19.5 Å². The summed E-state index contributed by atoms with van der Waals surface area (Å²) >= 11 is 1.39. The summed E-state index contributed by atoms with van der Waals surface area (Å²) in [6.07, 6.45) is 0.258. The smallest absolute Gasteiger partial charge is 0.261 e. The fraction of sp³-hybridized carbons (Fsp3) is 0.333. The molecular formula is C18H23N3O2S. The lowest BCUT2D eigenvalue weighted by Crippen LogP contribution is -2.37. The fourth-order valence-electron chi connectivity index (χ4n) is 2.34. The quantitative estimate of drug-likeness (QED) is 0.772. The molecule has 0 aliphatic heterocycles. The summed E-state index contributed by atoms with van der Waals surface area (Å²) in [5.74, 6) is -0.206. The number of nitrogens with one attached hydrogen (secondary N) is 2. The Morgan fingerprint density at radius 2 is 1.88 bits per heavy atom. The molecule has 5 nitrogen and oxygen atoms in total. The Morgan fingerprint density at radius 1 is 1.12 bits per heavy atom. The van der Waals surface area contributed by atoms with Crippen LogP contribution >= 0.6 is 11.3 Å². The van der Waals surface area contributed by atoms with Crippen molar-refractivity contribution in [1.82, 2.24) is 15.5 Å². The lowest BCUT2D eigenvalue weighted by atomic mass is 10.1. The normalized spacial score (nSPS) is 12.0. The van der Waals surface area contributed by atoms with Gasteiger partial charge >= 0.3 is 0 Å². The highest BCUT2D eigenvalue weighted by Crippen LogP contribution is 2.13. The minimum absolute atomic E-state index is 0.0679. The average Bonchev–Trinajstić information content (AvgIpc) is 3.09. The van der Waals surface area contributed by atoms with Crippen molar-refractivity contribution in [2.45, 2.75) is 12.5 Å². The fourth-order valence-corrected chi connectivity index (χ4v) is 2.98. The molecule has 0 saturated heterocycles. The third-order valence-electron chi connectivity index (χ3n) is 3.47. The Labute approximate surface area is 146 Å². The zero-order valence-corrected chi connectivity index (χ0v) is 14.8. The van der Waals surface area contributed by atoms with E-state index in [0.717, 1.165) is 12.1 Å². The van der Waals surface area contributed by atoms with Gasteiger partial charge in [-0.1, -0.05) is 36.4 Å². The van der Waals surface area contributed by atoms with E-state index >= 15 is 0 Å². The number of carbonyl (C=O) groups is 2. The van der Waals surface area contributed by atoms with Gasteiger partial charge < -0.3 is 15.5 Å². The van der Waals surface area contributed by atoms with E-state index in [-0.39, 0.29) is 24.3 Å². The number of nitrogens with zero attached hydrogens (tertiary/aromatic N) is 1. The highest BCUT2D eigenvalue weighted by atomic mass is 32.1. The molecule has 0 bridgehead atoms. The SMILES string of the molecule is CN(C)C[C@@H](NC(=O)CCNC(=O)c1cccs1)c1ccccc1. The van der Waals surface area contributed by atoms with Crippen molar-refractivity contribution in [1.29, 1.82) is 0 Å². The Bertz CT molecular complexity index is 642. The van der Waals surface area contributed by atoms with Crippen molar-refractivity contribution in [3.05, 3.63) is 58.3 Å². The minimum Gasteiger partial charge on any atom is -0.351 e. The molecule has 1 atom stereocenters. The van der Waals surface area contributed by atoms with Gasteiger partial charge in [0.2, 0.25) is 5.91 Å². The maximum absolute atomic E-state index is 12.2. The molecule has 1 heterocycles. The molecule has 1 aromatic carbocycles.